The normalized spacial score (nSPS) is 18.2. The maximum Gasteiger partial charge on any atom is 0.264 e. The Hall–Kier alpha value is -1.47. The first-order chi connectivity index (χ1) is 12.0. The lowest BCUT2D eigenvalue weighted by Crippen LogP contribution is -2.52. The highest BCUT2D eigenvalue weighted by Crippen LogP contribution is 2.32. The van der Waals surface area contributed by atoms with Crippen molar-refractivity contribution in [3.05, 3.63) is 46.5 Å². The minimum Gasteiger partial charge on any atom is -0.479 e. The Morgan fingerprint density at radius 3 is 2.88 bits per heavy atom. The van der Waals surface area contributed by atoms with Gasteiger partial charge < -0.3 is 19.5 Å². The molecule has 1 saturated heterocycles. The summed E-state index contributed by atoms with van der Waals surface area (Å²) < 4.78 is 7.71. The molecule has 1 aromatic carbocycles. The molecule has 1 aromatic heterocycles. The molecule has 2 aromatic rings. The molecule has 1 aliphatic heterocycles. The lowest BCUT2D eigenvalue weighted by molar-refractivity contribution is -0.141. The van der Waals surface area contributed by atoms with E-state index in [-0.39, 0.29) is 24.4 Å². The van der Waals surface area contributed by atoms with E-state index in [1.165, 1.54) is 0 Å². The number of hydrogen-bond acceptors (Lipinski definition) is 4. The fraction of sp³-hybridized carbons (Fsp3) is 0.412. The average molecular weight is 420 g/mol. The third-order valence-electron chi connectivity index (χ3n) is 4.25. The van der Waals surface area contributed by atoms with Gasteiger partial charge in [-0.1, -0.05) is 29.3 Å². The molecule has 1 N–H and O–H groups in total. The van der Waals surface area contributed by atoms with Crippen molar-refractivity contribution in [2.75, 3.05) is 19.6 Å². The zero-order chi connectivity index (χ0) is 18.0. The molecule has 0 saturated carbocycles. The van der Waals surface area contributed by atoms with Crippen LogP contribution < -0.4 is 10.1 Å². The zero-order valence-corrected chi connectivity index (χ0v) is 16.8. The van der Waals surface area contributed by atoms with Gasteiger partial charge in [0.1, 0.15) is 22.6 Å². The predicted molar refractivity (Wildman–Crippen MR) is 104 cm³/mol. The minimum atomic E-state index is -0.683. The number of hydrogen-bond donors (Lipinski definition) is 1. The van der Waals surface area contributed by atoms with Crippen LogP contribution in [0.25, 0.3) is 0 Å². The van der Waals surface area contributed by atoms with Crippen molar-refractivity contribution < 1.29 is 9.53 Å². The topological polar surface area (TPSA) is 59.4 Å². The van der Waals surface area contributed by atoms with E-state index in [9.17, 15) is 4.79 Å². The number of imidazole rings is 1. The van der Waals surface area contributed by atoms with E-state index in [0.717, 1.165) is 12.4 Å². The van der Waals surface area contributed by atoms with E-state index in [1.54, 1.807) is 31.3 Å². The van der Waals surface area contributed by atoms with E-state index in [1.807, 2.05) is 22.7 Å². The van der Waals surface area contributed by atoms with Gasteiger partial charge in [0.25, 0.3) is 5.91 Å². The fourth-order valence-corrected chi connectivity index (χ4v) is 3.28. The Morgan fingerprint density at radius 2 is 2.19 bits per heavy atom. The van der Waals surface area contributed by atoms with Gasteiger partial charge in [0.05, 0.1) is 5.02 Å². The van der Waals surface area contributed by atoms with E-state index in [0.29, 0.717) is 28.9 Å². The lowest BCUT2D eigenvalue weighted by atomic mass is 10.1. The number of halogens is 3. The third kappa shape index (κ3) is 4.26. The largest absolute Gasteiger partial charge is 0.479 e. The van der Waals surface area contributed by atoms with Crippen LogP contribution in [0.1, 0.15) is 18.8 Å². The van der Waals surface area contributed by atoms with Crippen molar-refractivity contribution >= 4 is 41.5 Å². The number of nitrogens with one attached hydrogen (secondary N) is 1. The van der Waals surface area contributed by atoms with Gasteiger partial charge in [0.2, 0.25) is 0 Å². The number of piperazine rings is 1. The molecule has 6 nitrogen and oxygen atoms in total. The molecule has 2 heterocycles. The maximum absolute atomic E-state index is 13.0. The smallest absolute Gasteiger partial charge is 0.264 e. The number of aromatic nitrogens is 2. The molecule has 0 aliphatic carbocycles. The second-order valence-corrected chi connectivity index (χ2v) is 6.75. The summed E-state index contributed by atoms with van der Waals surface area (Å²) in [5, 5.41) is 4.02. The van der Waals surface area contributed by atoms with Gasteiger partial charge in [0, 0.05) is 39.1 Å². The number of rotatable bonds is 4. The van der Waals surface area contributed by atoms with E-state index < -0.39 is 6.10 Å². The molecule has 1 aliphatic rings. The molecular weight excluding hydrogens is 399 g/mol. The van der Waals surface area contributed by atoms with Crippen molar-refractivity contribution in [2.24, 2.45) is 7.05 Å². The van der Waals surface area contributed by atoms with Crippen LogP contribution in [0.2, 0.25) is 10.0 Å². The highest BCUT2D eigenvalue weighted by Gasteiger charge is 2.33. The highest BCUT2D eigenvalue weighted by atomic mass is 35.5. The molecule has 1 amide bonds. The molecule has 142 valence electrons. The Bertz CT molecular complexity index is 768. The summed E-state index contributed by atoms with van der Waals surface area (Å²) in [4.78, 5) is 19.2. The Morgan fingerprint density at radius 1 is 1.42 bits per heavy atom. The number of ether oxygens (including phenoxy) is 1. The van der Waals surface area contributed by atoms with Gasteiger partial charge in [-0.25, -0.2) is 4.98 Å². The number of aryl methyl sites for hydroxylation is 1. The summed E-state index contributed by atoms with van der Waals surface area (Å²) >= 11 is 12.2. The van der Waals surface area contributed by atoms with E-state index in [4.69, 9.17) is 27.9 Å². The minimum absolute atomic E-state index is 0. The summed E-state index contributed by atoms with van der Waals surface area (Å²) in [7, 11) is 1.92. The molecule has 2 unspecified atom stereocenters. The van der Waals surface area contributed by atoms with Gasteiger partial charge in [-0.05, 0) is 19.1 Å². The molecule has 2 atom stereocenters. The van der Waals surface area contributed by atoms with Gasteiger partial charge in [0.15, 0.2) is 6.10 Å². The summed E-state index contributed by atoms with van der Waals surface area (Å²) in [6.45, 7) is 3.70. The Kier molecular flexibility index (Phi) is 7.17. The maximum atomic E-state index is 13.0. The van der Waals surface area contributed by atoms with Crippen LogP contribution in [-0.4, -0.2) is 46.1 Å². The van der Waals surface area contributed by atoms with Gasteiger partial charge in [-0.2, -0.15) is 0 Å². The van der Waals surface area contributed by atoms with Crippen LogP contribution in [0.4, 0.5) is 0 Å². The predicted octanol–water partition coefficient (Wildman–Crippen LogP) is 3.09. The highest BCUT2D eigenvalue weighted by molar-refractivity contribution is 6.42. The van der Waals surface area contributed by atoms with Crippen LogP contribution in [0.5, 0.6) is 5.75 Å². The van der Waals surface area contributed by atoms with Crippen LogP contribution in [0.3, 0.4) is 0 Å². The summed E-state index contributed by atoms with van der Waals surface area (Å²) in [5.74, 6) is 1.14. The third-order valence-corrected chi connectivity index (χ3v) is 5.05. The number of benzene rings is 1. The van der Waals surface area contributed by atoms with Crippen LogP contribution in [0, 0.1) is 0 Å². The Balaban J connectivity index is 0.00000243. The SMILES string of the molecule is CC(Oc1cccc(Cl)c1Cl)C(=O)N1CCNCC1c1nccn1C.Cl. The molecule has 1 fully saturated rings. The molecule has 0 radical (unpaired) electrons. The Labute approximate surface area is 168 Å². The molecule has 0 bridgehead atoms. The van der Waals surface area contributed by atoms with Crippen molar-refractivity contribution in [1.29, 1.82) is 0 Å². The molecule has 0 spiro atoms. The van der Waals surface area contributed by atoms with E-state index in [2.05, 4.69) is 10.3 Å². The van der Waals surface area contributed by atoms with Crippen molar-refractivity contribution in [2.45, 2.75) is 19.1 Å². The standard InChI is InChI=1S/C17H20Cl2N4O2.ClH/c1-11(25-14-5-3-4-12(18)15(14)19)17(24)23-9-6-20-10-13(23)16-21-7-8-22(16)2;/h3-5,7-8,11,13,20H,6,9-10H2,1-2H3;1H. The second kappa shape index (κ2) is 8.95. The van der Waals surface area contributed by atoms with Crippen molar-refractivity contribution in [3.8, 4) is 5.75 Å². The summed E-state index contributed by atoms with van der Waals surface area (Å²) in [6.07, 6.45) is 2.92. The van der Waals surface area contributed by atoms with Crippen molar-refractivity contribution in [3.63, 3.8) is 0 Å². The van der Waals surface area contributed by atoms with Crippen LogP contribution >= 0.6 is 35.6 Å². The van der Waals surface area contributed by atoms with Crippen LogP contribution in [-0.2, 0) is 11.8 Å². The van der Waals surface area contributed by atoms with Gasteiger partial charge in [-0.3, -0.25) is 4.79 Å². The zero-order valence-electron chi connectivity index (χ0n) is 14.5. The summed E-state index contributed by atoms with van der Waals surface area (Å²) in [5.41, 5.74) is 0. The first-order valence-corrected chi connectivity index (χ1v) is 8.83. The first-order valence-electron chi connectivity index (χ1n) is 8.08. The number of amides is 1. The molecule has 9 heteroatoms. The fourth-order valence-electron chi connectivity index (χ4n) is 2.95. The van der Waals surface area contributed by atoms with E-state index >= 15 is 0 Å². The number of carbonyl (C=O) groups is 1. The number of carbonyl (C=O) groups excluding carboxylic acids is 1. The molecule has 3 rings (SSSR count). The van der Waals surface area contributed by atoms with Gasteiger partial charge >= 0.3 is 0 Å². The average Bonchev–Trinajstić information content (AvgIpc) is 3.04. The van der Waals surface area contributed by atoms with Crippen molar-refractivity contribution in [1.82, 2.24) is 19.8 Å². The number of nitrogens with zero attached hydrogens (tertiary/aromatic N) is 3. The summed E-state index contributed by atoms with van der Waals surface area (Å²) in [6, 6.07) is 4.98. The monoisotopic (exact) mass is 418 g/mol. The van der Waals surface area contributed by atoms with Crippen LogP contribution in [0.15, 0.2) is 30.6 Å². The second-order valence-electron chi connectivity index (χ2n) is 5.96. The molecular formula is C17H21Cl3N4O2. The quantitative estimate of drug-likeness (QED) is 0.827. The van der Waals surface area contributed by atoms with Gasteiger partial charge in [-0.15, -0.1) is 12.4 Å². The lowest BCUT2D eigenvalue weighted by Gasteiger charge is -2.37. The first kappa shape index (κ1) is 20.8. The molecule has 26 heavy (non-hydrogen) atoms.